The van der Waals surface area contributed by atoms with Crippen molar-refractivity contribution in [1.82, 2.24) is 4.90 Å². The molecule has 0 aromatic rings. The van der Waals surface area contributed by atoms with Gasteiger partial charge in [-0.2, -0.15) is 0 Å². The van der Waals surface area contributed by atoms with Crippen LogP contribution in [0.25, 0.3) is 0 Å². The van der Waals surface area contributed by atoms with E-state index in [0.717, 1.165) is 19.3 Å². The van der Waals surface area contributed by atoms with Crippen LogP contribution in [0.5, 0.6) is 0 Å². The summed E-state index contributed by atoms with van der Waals surface area (Å²) in [5.74, 6) is -0.835. The van der Waals surface area contributed by atoms with Crippen LogP contribution < -0.4 is 29.6 Å². The Morgan fingerprint density at radius 3 is 2.25 bits per heavy atom. The second kappa shape index (κ2) is 11.7. The van der Waals surface area contributed by atoms with Gasteiger partial charge in [0.15, 0.2) is 0 Å². The molecule has 0 aliphatic rings. The summed E-state index contributed by atoms with van der Waals surface area (Å²) >= 11 is 0. The van der Waals surface area contributed by atoms with Crippen LogP contribution in [0.3, 0.4) is 0 Å². The zero-order valence-corrected chi connectivity index (χ0v) is 15.7. The van der Waals surface area contributed by atoms with Crippen LogP contribution in [0.1, 0.15) is 45.4 Å². The minimum absolute atomic E-state index is 0. The number of hydrogen-bond acceptors (Lipinski definition) is 4. The average Bonchev–Trinajstić information content (AvgIpc) is 2.33. The van der Waals surface area contributed by atoms with Crippen molar-refractivity contribution in [2.45, 2.75) is 45.4 Å². The van der Waals surface area contributed by atoms with Crippen molar-refractivity contribution < 1.29 is 47.3 Å². The Morgan fingerprint density at radius 1 is 1.20 bits per heavy atom. The molecule has 0 saturated carbocycles. The van der Waals surface area contributed by atoms with Gasteiger partial charge in [0.25, 0.3) is 0 Å². The van der Waals surface area contributed by atoms with E-state index in [1.807, 2.05) is 0 Å². The molecule has 0 aliphatic carbocycles. The third-order valence-corrected chi connectivity index (χ3v) is 3.59. The second-order valence-electron chi connectivity index (χ2n) is 4.76. The summed E-state index contributed by atoms with van der Waals surface area (Å²) in [5.41, 5.74) is 0.474. The molecular weight excluding hydrogens is 289 g/mol. The van der Waals surface area contributed by atoms with Crippen molar-refractivity contribution >= 4 is 16.0 Å². The third kappa shape index (κ3) is 11.9. The van der Waals surface area contributed by atoms with Crippen LogP contribution in [0.15, 0.2) is 12.2 Å². The molecule has 0 aromatic carbocycles. The van der Waals surface area contributed by atoms with Gasteiger partial charge in [0.05, 0.1) is 15.9 Å². The van der Waals surface area contributed by atoms with Gasteiger partial charge < -0.3 is 9.45 Å². The Bertz CT molecular complexity index is 395. The number of hydrogen-bond donors (Lipinski definition) is 0. The predicted octanol–water partition coefficient (Wildman–Crippen LogP) is -1.09. The fourth-order valence-electron chi connectivity index (χ4n) is 1.67. The number of carbonyl (C=O) groups excluding carboxylic acids is 1. The van der Waals surface area contributed by atoms with Crippen molar-refractivity contribution in [1.29, 1.82) is 0 Å². The van der Waals surface area contributed by atoms with E-state index in [0.29, 0.717) is 12.0 Å². The summed E-state index contributed by atoms with van der Waals surface area (Å²) in [7, 11) is -2.80. The molecule has 0 unspecified atom stereocenters. The first-order chi connectivity index (χ1) is 8.78. The van der Waals surface area contributed by atoms with Gasteiger partial charge in [0.2, 0.25) is 5.91 Å². The normalized spacial score (nSPS) is 10.8. The van der Waals surface area contributed by atoms with Gasteiger partial charge >= 0.3 is 29.6 Å². The van der Waals surface area contributed by atoms with Crippen LogP contribution in [-0.4, -0.2) is 43.1 Å². The Hall–Kier alpha value is 0.120. The van der Waals surface area contributed by atoms with E-state index in [4.69, 9.17) is 0 Å². The maximum atomic E-state index is 11.8. The molecule has 0 aromatic heterocycles. The summed E-state index contributed by atoms with van der Waals surface area (Å²) in [6.07, 6.45) is 6.13. The Labute approximate surface area is 144 Å². The number of nitrogens with zero attached hydrogens (tertiary/aromatic N) is 1. The molecule has 112 valence electrons. The maximum Gasteiger partial charge on any atom is 1.00 e. The first-order valence-electron chi connectivity index (χ1n) is 6.64. The fourth-order valence-corrected chi connectivity index (χ4v) is 2.17. The fraction of sp³-hybridized carbons (Fsp3) is 0.769. The number of unbranched alkanes of at least 4 members (excludes halogenated alkanes) is 4. The monoisotopic (exact) mass is 313 g/mol. The molecule has 20 heavy (non-hydrogen) atoms. The van der Waals surface area contributed by atoms with E-state index in [9.17, 15) is 17.8 Å². The Morgan fingerprint density at radius 2 is 1.75 bits per heavy atom. The van der Waals surface area contributed by atoms with Crippen LogP contribution in [0.2, 0.25) is 0 Å². The van der Waals surface area contributed by atoms with Crippen LogP contribution in [0.4, 0.5) is 0 Å². The minimum Gasteiger partial charge on any atom is -0.748 e. The van der Waals surface area contributed by atoms with Gasteiger partial charge in [0.1, 0.15) is 0 Å². The Balaban J connectivity index is 0. The molecule has 0 heterocycles. The average molecular weight is 313 g/mol. The summed E-state index contributed by atoms with van der Waals surface area (Å²) in [5, 5.41) is 0. The summed E-state index contributed by atoms with van der Waals surface area (Å²) in [4.78, 5) is 13.0. The molecule has 1 amide bonds. The molecule has 7 heteroatoms. The van der Waals surface area contributed by atoms with E-state index in [1.54, 1.807) is 0 Å². The molecule has 0 radical (unpaired) electrons. The van der Waals surface area contributed by atoms with E-state index < -0.39 is 15.9 Å². The van der Waals surface area contributed by atoms with Gasteiger partial charge in [-0.05, 0) is 12.8 Å². The zero-order valence-electron chi connectivity index (χ0n) is 12.9. The number of amides is 1. The first-order valence-corrected chi connectivity index (χ1v) is 8.22. The molecule has 0 fully saturated rings. The third-order valence-electron chi connectivity index (χ3n) is 2.91. The van der Waals surface area contributed by atoms with E-state index >= 15 is 0 Å². The molecule has 5 nitrogen and oxygen atoms in total. The molecule has 0 rings (SSSR count). The molecule has 0 bridgehead atoms. The molecule has 0 saturated heterocycles. The summed E-state index contributed by atoms with van der Waals surface area (Å²) < 4.78 is 31.5. The number of likely N-dealkylation sites (N-methyl/N-ethyl adjacent to an activating group) is 1. The van der Waals surface area contributed by atoms with E-state index in [-0.39, 0.29) is 42.0 Å². The van der Waals surface area contributed by atoms with Gasteiger partial charge in [0, 0.05) is 19.2 Å². The second-order valence-corrected chi connectivity index (χ2v) is 6.28. The van der Waals surface area contributed by atoms with Crippen LogP contribution in [-0.2, 0) is 14.9 Å². The molecule has 0 N–H and O–H groups in total. The van der Waals surface area contributed by atoms with Gasteiger partial charge in [-0.15, -0.1) is 0 Å². The largest absolute Gasteiger partial charge is 1.00 e. The van der Waals surface area contributed by atoms with Gasteiger partial charge in [-0.25, -0.2) is 8.42 Å². The number of rotatable bonds is 10. The smallest absolute Gasteiger partial charge is 0.748 e. The van der Waals surface area contributed by atoms with Crippen LogP contribution in [0, 0.1) is 0 Å². The molecule has 0 atom stereocenters. The quantitative estimate of drug-likeness (QED) is 0.222. The zero-order chi connectivity index (χ0) is 14.9. The SMILES string of the molecule is C=C(CCCCCCC)C(=O)N(C)CCS(=O)(=O)[O-].[Na+]. The molecule has 0 spiro atoms. The van der Waals surface area contributed by atoms with E-state index in [2.05, 4.69) is 13.5 Å². The van der Waals surface area contributed by atoms with Gasteiger partial charge in [-0.1, -0.05) is 39.2 Å². The topological polar surface area (TPSA) is 77.5 Å². The molecule has 0 aliphatic heterocycles. The Kier molecular flexibility index (Phi) is 13.2. The van der Waals surface area contributed by atoms with Crippen molar-refractivity contribution in [3.05, 3.63) is 12.2 Å². The standard InChI is InChI=1S/C13H25NO4S.Na/c1-4-5-6-7-8-9-12(2)13(15)14(3)10-11-19(16,17)18;/h2,4-11H2,1,3H3,(H,16,17,18);/q;+1/p-1. The summed E-state index contributed by atoms with van der Waals surface area (Å²) in [6, 6.07) is 0. The molecular formula is C13H24NNaO4S. The van der Waals surface area contributed by atoms with Crippen molar-refractivity contribution in [3.63, 3.8) is 0 Å². The van der Waals surface area contributed by atoms with Gasteiger partial charge in [-0.3, -0.25) is 4.79 Å². The minimum atomic E-state index is -4.28. The summed E-state index contributed by atoms with van der Waals surface area (Å²) in [6.45, 7) is 5.78. The predicted molar refractivity (Wildman–Crippen MR) is 74.7 cm³/mol. The van der Waals surface area contributed by atoms with Crippen molar-refractivity contribution in [2.24, 2.45) is 0 Å². The van der Waals surface area contributed by atoms with E-state index in [1.165, 1.54) is 24.8 Å². The number of carbonyl (C=O) groups is 1. The van der Waals surface area contributed by atoms with Crippen molar-refractivity contribution in [2.75, 3.05) is 19.3 Å². The van der Waals surface area contributed by atoms with Crippen molar-refractivity contribution in [3.8, 4) is 0 Å². The van der Waals surface area contributed by atoms with Crippen LogP contribution >= 0.6 is 0 Å². The maximum absolute atomic E-state index is 11.8. The first kappa shape index (κ1) is 22.4.